The van der Waals surface area contributed by atoms with Crippen LogP contribution >= 0.6 is 47.0 Å². The number of rotatable bonds is 8. The number of carbonyl (C=O) groups excluding carboxylic acids is 1. The molecule has 0 radical (unpaired) electrons. The number of hydrogen-bond acceptors (Lipinski definition) is 5. The van der Waals surface area contributed by atoms with Crippen molar-refractivity contribution in [1.29, 1.82) is 0 Å². The highest BCUT2D eigenvalue weighted by molar-refractivity contribution is 7.80. The summed E-state index contributed by atoms with van der Waals surface area (Å²) in [6.45, 7) is 0. The molecule has 0 saturated heterocycles. The molecule has 1 amide bonds. The Morgan fingerprint density at radius 1 is 1.03 bits per heavy atom. The molecular weight excluding hydrogens is 501 g/mol. The molecule has 0 aliphatic heterocycles. The van der Waals surface area contributed by atoms with E-state index in [4.69, 9.17) is 61.6 Å². The summed E-state index contributed by atoms with van der Waals surface area (Å²) in [5, 5.41) is 17.2. The fourth-order valence-corrected chi connectivity index (χ4v) is 3.15. The minimum atomic E-state index is -1.92. The van der Waals surface area contributed by atoms with Crippen molar-refractivity contribution in [2.75, 3.05) is 19.5 Å². The van der Waals surface area contributed by atoms with Gasteiger partial charge in [0.15, 0.2) is 16.6 Å². The molecule has 2 rings (SSSR count). The summed E-state index contributed by atoms with van der Waals surface area (Å²) >= 11 is 23.2. The first-order chi connectivity index (χ1) is 15.0. The van der Waals surface area contributed by atoms with Crippen LogP contribution in [0.25, 0.3) is 0 Å². The standard InChI is InChI=1S/C20H20Cl3N3O5S/c1-30-14-8-3-11(9-15(14)31-2)10-16(27)25-18(20(21,22)23)26-19(32)24-13-6-4-12(5-7-13)17(28)29/h3-9,18H,10H2,1-2H3,(H,25,27)(H,28,29)(H2,24,26,32). The van der Waals surface area contributed by atoms with E-state index in [-0.39, 0.29) is 17.1 Å². The Morgan fingerprint density at radius 2 is 1.66 bits per heavy atom. The van der Waals surface area contributed by atoms with Gasteiger partial charge >= 0.3 is 5.97 Å². The summed E-state index contributed by atoms with van der Waals surface area (Å²) in [4.78, 5) is 23.5. The maximum atomic E-state index is 12.5. The number of methoxy groups -OCH3 is 2. The number of ether oxygens (including phenoxy) is 2. The molecule has 0 aliphatic carbocycles. The van der Waals surface area contributed by atoms with Gasteiger partial charge in [0, 0.05) is 5.69 Å². The number of thiocarbonyl (C=S) groups is 1. The average Bonchev–Trinajstić information content (AvgIpc) is 2.72. The number of benzene rings is 2. The fraction of sp³-hybridized carbons (Fsp3) is 0.250. The van der Waals surface area contributed by atoms with Crippen molar-refractivity contribution in [1.82, 2.24) is 10.6 Å². The molecular formula is C20H20Cl3N3O5S. The van der Waals surface area contributed by atoms with E-state index in [0.717, 1.165) is 0 Å². The molecule has 0 aliphatic rings. The van der Waals surface area contributed by atoms with Crippen LogP contribution in [-0.2, 0) is 11.2 Å². The Morgan fingerprint density at radius 3 is 2.19 bits per heavy atom. The molecule has 1 unspecified atom stereocenters. The Balaban J connectivity index is 2.02. The highest BCUT2D eigenvalue weighted by atomic mass is 35.6. The van der Waals surface area contributed by atoms with Gasteiger partial charge in [-0.25, -0.2) is 4.79 Å². The molecule has 0 spiro atoms. The van der Waals surface area contributed by atoms with Gasteiger partial charge in [0.25, 0.3) is 0 Å². The lowest BCUT2D eigenvalue weighted by Crippen LogP contribution is -2.56. The van der Waals surface area contributed by atoms with Gasteiger partial charge in [-0.2, -0.15) is 0 Å². The van der Waals surface area contributed by atoms with Gasteiger partial charge in [-0.1, -0.05) is 40.9 Å². The number of carboxylic acid groups (broad SMARTS) is 1. The largest absolute Gasteiger partial charge is 0.493 e. The van der Waals surface area contributed by atoms with E-state index >= 15 is 0 Å². The van der Waals surface area contributed by atoms with Crippen LogP contribution < -0.4 is 25.4 Å². The molecule has 0 heterocycles. The lowest BCUT2D eigenvalue weighted by atomic mass is 10.1. The molecule has 32 heavy (non-hydrogen) atoms. The van der Waals surface area contributed by atoms with Gasteiger partial charge in [-0.3, -0.25) is 4.79 Å². The number of nitrogens with one attached hydrogen (secondary N) is 3. The zero-order valence-electron chi connectivity index (χ0n) is 16.9. The predicted octanol–water partition coefficient (Wildman–Crippen LogP) is 3.74. The average molecular weight is 521 g/mol. The van der Waals surface area contributed by atoms with Crippen molar-refractivity contribution < 1.29 is 24.2 Å². The van der Waals surface area contributed by atoms with Crippen molar-refractivity contribution in [3.05, 3.63) is 53.6 Å². The number of carbonyl (C=O) groups is 2. The number of halogens is 3. The molecule has 1 atom stereocenters. The second-order valence-electron chi connectivity index (χ2n) is 6.39. The van der Waals surface area contributed by atoms with E-state index in [1.165, 1.54) is 38.5 Å². The molecule has 2 aromatic rings. The number of alkyl halides is 3. The third-order valence-electron chi connectivity index (χ3n) is 4.11. The molecule has 0 aromatic heterocycles. The van der Waals surface area contributed by atoms with Crippen LogP contribution in [0.2, 0.25) is 0 Å². The van der Waals surface area contributed by atoms with Gasteiger partial charge in [0.2, 0.25) is 9.70 Å². The first kappa shape index (κ1) is 25.8. The minimum absolute atomic E-state index is 0.0177. The van der Waals surface area contributed by atoms with Gasteiger partial charge in [-0.15, -0.1) is 0 Å². The van der Waals surface area contributed by atoms with Gasteiger partial charge in [0.1, 0.15) is 6.17 Å². The first-order valence-electron chi connectivity index (χ1n) is 9.01. The Hall–Kier alpha value is -2.46. The quantitative estimate of drug-likeness (QED) is 0.237. The first-order valence-corrected chi connectivity index (χ1v) is 10.6. The van der Waals surface area contributed by atoms with Crippen molar-refractivity contribution in [2.24, 2.45) is 0 Å². The van der Waals surface area contributed by atoms with E-state index < -0.39 is 21.8 Å². The molecule has 8 nitrogen and oxygen atoms in total. The summed E-state index contributed by atoms with van der Waals surface area (Å²) in [6.07, 6.45) is -1.17. The molecule has 172 valence electrons. The van der Waals surface area contributed by atoms with E-state index in [0.29, 0.717) is 22.7 Å². The van der Waals surface area contributed by atoms with Crippen molar-refractivity contribution in [3.8, 4) is 11.5 Å². The van der Waals surface area contributed by atoms with Crippen LogP contribution in [0.1, 0.15) is 15.9 Å². The van der Waals surface area contributed by atoms with Crippen LogP contribution in [0.5, 0.6) is 11.5 Å². The number of hydrogen-bond donors (Lipinski definition) is 4. The van der Waals surface area contributed by atoms with Crippen LogP contribution in [0, 0.1) is 0 Å². The summed E-state index contributed by atoms with van der Waals surface area (Å²) in [7, 11) is 3.01. The second-order valence-corrected chi connectivity index (χ2v) is 9.17. The maximum Gasteiger partial charge on any atom is 0.335 e. The number of amides is 1. The van der Waals surface area contributed by atoms with E-state index in [2.05, 4.69) is 16.0 Å². The summed E-state index contributed by atoms with van der Waals surface area (Å²) in [5.41, 5.74) is 1.28. The lowest BCUT2D eigenvalue weighted by Gasteiger charge is -2.28. The highest BCUT2D eigenvalue weighted by Crippen LogP contribution is 2.30. The van der Waals surface area contributed by atoms with Crippen molar-refractivity contribution in [3.63, 3.8) is 0 Å². The van der Waals surface area contributed by atoms with Gasteiger partial charge in [-0.05, 0) is 54.2 Å². The molecule has 0 bridgehead atoms. The van der Waals surface area contributed by atoms with Gasteiger partial charge < -0.3 is 30.5 Å². The summed E-state index contributed by atoms with van der Waals surface area (Å²) in [5.74, 6) is -0.473. The lowest BCUT2D eigenvalue weighted by molar-refractivity contribution is -0.121. The highest BCUT2D eigenvalue weighted by Gasteiger charge is 2.34. The zero-order valence-corrected chi connectivity index (χ0v) is 20.0. The Bertz CT molecular complexity index is 983. The smallest absolute Gasteiger partial charge is 0.335 e. The van der Waals surface area contributed by atoms with Gasteiger partial charge in [0.05, 0.1) is 26.2 Å². The van der Waals surface area contributed by atoms with E-state index in [1.54, 1.807) is 18.2 Å². The maximum absolute atomic E-state index is 12.5. The van der Waals surface area contributed by atoms with Crippen LogP contribution in [0.4, 0.5) is 5.69 Å². The number of aromatic carboxylic acids is 1. The topological polar surface area (TPSA) is 109 Å². The predicted molar refractivity (Wildman–Crippen MR) is 128 cm³/mol. The SMILES string of the molecule is COc1ccc(CC(=O)NC(NC(=S)Nc2ccc(C(=O)O)cc2)C(Cl)(Cl)Cl)cc1OC. The molecule has 0 fully saturated rings. The Kier molecular flexibility index (Phi) is 9.21. The molecule has 4 N–H and O–H groups in total. The fourth-order valence-electron chi connectivity index (χ4n) is 2.58. The molecule has 0 saturated carbocycles. The van der Waals surface area contributed by atoms with Crippen LogP contribution in [0.15, 0.2) is 42.5 Å². The van der Waals surface area contributed by atoms with Crippen LogP contribution in [-0.4, -0.2) is 46.3 Å². The van der Waals surface area contributed by atoms with Crippen molar-refractivity contribution in [2.45, 2.75) is 16.4 Å². The summed E-state index contributed by atoms with van der Waals surface area (Å²) in [6, 6.07) is 10.9. The Labute approximate surface area is 205 Å². The monoisotopic (exact) mass is 519 g/mol. The summed E-state index contributed by atoms with van der Waals surface area (Å²) < 4.78 is 8.49. The third-order valence-corrected chi connectivity index (χ3v) is 4.99. The zero-order chi connectivity index (χ0) is 23.9. The normalized spacial score (nSPS) is 11.8. The molecule has 2 aromatic carbocycles. The number of anilines is 1. The molecule has 12 heteroatoms. The van der Waals surface area contributed by atoms with E-state index in [9.17, 15) is 9.59 Å². The second kappa shape index (κ2) is 11.4. The third kappa shape index (κ3) is 7.59. The number of carboxylic acids is 1. The van der Waals surface area contributed by atoms with E-state index in [1.807, 2.05) is 0 Å². The minimum Gasteiger partial charge on any atom is -0.493 e. The van der Waals surface area contributed by atoms with Crippen molar-refractivity contribution >= 4 is 69.7 Å². The van der Waals surface area contributed by atoms with Crippen LogP contribution in [0.3, 0.4) is 0 Å².